The Balaban J connectivity index is 1.52. The van der Waals surface area contributed by atoms with Crippen LogP contribution in [0.2, 0.25) is 0 Å². The van der Waals surface area contributed by atoms with Gasteiger partial charge in [-0.1, -0.05) is 12.1 Å². The molecule has 3 heterocycles. The number of nitrogens with zero attached hydrogens (tertiary/aromatic N) is 3. The van der Waals surface area contributed by atoms with Gasteiger partial charge in [0, 0.05) is 36.4 Å². The fourth-order valence-corrected chi connectivity index (χ4v) is 5.03. The number of hydrogen-bond donors (Lipinski definition) is 0. The highest BCUT2D eigenvalue weighted by Gasteiger charge is 2.26. The molecule has 0 aliphatic carbocycles. The lowest BCUT2D eigenvalue weighted by Gasteiger charge is -2.34. The maximum atomic E-state index is 14.0. The van der Waals surface area contributed by atoms with Crippen molar-refractivity contribution < 1.29 is 13.9 Å². The Hall–Kier alpha value is -2.44. The predicted octanol–water partition coefficient (Wildman–Crippen LogP) is 5.61. The Morgan fingerprint density at radius 3 is 2.58 bits per heavy atom. The van der Waals surface area contributed by atoms with Gasteiger partial charge in [0.25, 0.3) is 0 Å². The third kappa shape index (κ3) is 5.56. The molecule has 0 radical (unpaired) electrons. The van der Waals surface area contributed by atoms with E-state index in [2.05, 4.69) is 26.7 Å². The van der Waals surface area contributed by atoms with Crippen molar-refractivity contribution in [3.05, 3.63) is 65.5 Å². The van der Waals surface area contributed by atoms with Gasteiger partial charge in [0.05, 0.1) is 18.1 Å². The standard InChI is InChI=1S/C26H31ClFN3O2/c1-26(2,28)17-30-13-10-18(11-14-30)15-31-16-22(21-5-4-12-29-24(21)31)23(27)19-6-8-20(9-7-19)25(32)33-3/h4-9,12,16,18,23H,10-11,13-15,17H2,1-3H3. The minimum absolute atomic E-state index is 0.363. The van der Waals surface area contributed by atoms with E-state index in [-0.39, 0.29) is 11.3 Å². The number of ether oxygens (including phenoxy) is 1. The molecular formula is C26H31ClFN3O2. The number of pyridine rings is 1. The van der Waals surface area contributed by atoms with Crippen LogP contribution in [0.5, 0.6) is 0 Å². The Labute approximate surface area is 199 Å². The second-order valence-corrected chi connectivity index (χ2v) is 9.96. The summed E-state index contributed by atoms with van der Waals surface area (Å²) in [5, 5.41) is 0.671. The molecule has 1 unspecified atom stereocenters. The first-order valence-corrected chi connectivity index (χ1v) is 11.9. The van der Waals surface area contributed by atoms with Crippen molar-refractivity contribution in [1.82, 2.24) is 14.5 Å². The van der Waals surface area contributed by atoms with Crippen molar-refractivity contribution in [2.24, 2.45) is 5.92 Å². The normalized spacial score (nSPS) is 16.8. The minimum atomic E-state index is -1.16. The first-order valence-electron chi connectivity index (χ1n) is 11.4. The van der Waals surface area contributed by atoms with Gasteiger partial charge in [-0.25, -0.2) is 14.2 Å². The van der Waals surface area contributed by atoms with E-state index in [1.165, 1.54) is 7.11 Å². The highest BCUT2D eigenvalue weighted by molar-refractivity contribution is 6.23. The molecule has 1 saturated heterocycles. The summed E-state index contributed by atoms with van der Waals surface area (Å²) < 4.78 is 21.0. The smallest absolute Gasteiger partial charge is 0.337 e. The highest BCUT2D eigenvalue weighted by atomic mass is 35.5. The van der Waals surface area contributed by atoms with Crippen LogP contribution in [0.4, 0.5) is 4.39 Å². The molecule has 0 N–H and O–H groups in total. The Morgan fingerprint density at radius 1 is 1.24 bits per heavy atom. The van der Waals surface area contributed by atoms with Gasteiger partial charge in [-0.2, -0.15) is 0 Å². The Kier molecular flexibility index (Phi) is 7.05. The molecule has 3 aromatic rings. The number of benzene rings is 1. The van der Waals surface area contributed by atoms with Gasteiger partial charge in [-0.3, -0.25) is 0 Å². The molecule has 33 heavy (non-hydrogen) atoms. The largest absolute Gasteiger partial charge is 0.465 e. The van der Waals surface area contributed by atoms with E-state index in [9.17, 15) is 9.18 Å². The van der Waals surface area contributed by atoms with E-state index < -0.39 is 5.67 Å². The third-order valence-corrected chi connectivity index (χ3v) is 6.81. The molecule has 7 heteroatoms. The summed E-state index contributed by atoms with van der Waals surface area (Å²) in [7, 11) is 1.37. The molecular weight excluding hydrogens is 441 g/mol. The maximum Gasteiger partial charge on any atom is 0.337 e. The molecule has 0 saturated carbocycles. The zero-order chi connectivity index (χ0) is 23.6. The van der Waals surface area contributed by atoms with Crippen LogP contribution in [0.3, 0.4) is 0 Å². The number of alkyl halides is 2. The average molecular weight is 472 g/mol. The number of esters is 1. The monoisotopic (exact) mass is 471 g/mol. The third-order valence-electron chi connectivity index (χ3n) is 6.32. The fourth-order valence-electron chi connectivity index (χ4n) is 4.71. The van der Waals surface area contributed by atoms with Crippen LogP contribution in [0, 0.1) is 5.92 Å². The van der Waals surface area contributed by atoms with Gasteiger partial charge in [-0.05, 0) is 75.5 Å². The van der Waals surface area contributed by atoms with Crippen molar-refractivity contribution in [2.75, 3.05) is 26.7 Å². The van der Waals surface area contributed by atoms with Crippen molar-refractivity contribution in [1.29, 1.82) is 0 Å². The maximum absolute atomic E-state index is 14.0. The van der Waals surface area contributed by atoms with Crippen molar-refractivity contribution in [2.45, 2.75) is 44.3 Å². The van der Waals surface area contributed by atoms with Crippen molar-refractivity contribution in [3.63, 3.8) is 0 Å². The number of likely N-dealkylation sites (tertiary alicyclic amines) is 1. The number of rotatable bonds is 7. The van der Waals surface area contributed by atoms with Crippen LogP contribution in [-0.4, -0.2) is 52.8 Å². The van der Waals surface area contributed by atoms with Crippen LogP contribution < -0.4 is 0 Å². The van der Waals surface area contributed by atoms with Gasteiger partial charge in [0.2, 0.25) is 0 Å². The summed E-state index contributed by atoms with van der Waals surface area (Å²) in [5.41, 5.74) is 2.18. The molecule has 5 nitrogen and oxygen atoms in total. The van der Waals surface area contributed by atoms with E-state index >= 15 is 0 Å². The van der Waals surface area contributed by atoms with Crippen LogP contribution >= 0.6 is 11.6 Å². The summed E-state index contributed by atoms with van der Waals surface area (Å²) in [5.74, 6) is 0.150. The molecule has 0 bridgehead atoms. The Bertz CT molecular complexity index is 1100. The van der Waals surface area contributed by atoms with Crippen LogP contribution in [0.15, 0.2) is 48.8 Å². The molecule has 0 spiro atoms. The minimum Gasteiger partial charge on any atom is -0.465 e. The van der Waals surface area contributed by atoms with Gasteiger partial charge in [0.15, 0.2) is 0 Å². The highest BCUT2D eigenvalue weighted by Crippen LogP contribution is 2.35. The van der Waals surface area contributed by atoms with Gasteiger partial charge in [0.1, 0.15) is 11.3 Å². The quantitative estimate of drug-likeness (QED) is 0.332. The van der Waals surface area contributed by atoms with E-state index in [0.29, 0.717) is 18.0 Å². The number of piperidine rings is 1. The number of carbonyl (C=O) groups excluding carboxylic acids is 1. The van der Waals surface area contributed by atoms with Gasteiger partial charge in [-0.15, -0.1) is 11.6 Å². The lowest BCUT2D eigenvalue weighted by molar-refractivity contribution is 0.0600. The van der Waals surface area contributed by atoms with E-state index in [0.717, 1.165) is 54.6 Å². The lowest BCUT2D eigenvalue weighted by atomic mass is 9.96. The van der Waals surface area contributed by atoms with Crippen LogP contribution in [0.1, 0.15) is 53.6 Å². The number of aromatic nitrogens is 2. The molecule has 1 fully saturated rings. The molecule has 4 rings (SSSR count). The molecule has 1 aromatic carbocycles. The first-order chi connectivity index (χ1) is 15.7. The molecule has 0 amide bonds. The van der Waals surface area contributed by atoms with E-state index in [1.807, 2.05) is 24.4 Å². The summed E-state index contributed by atoms with van der Waals surface area (Å²) in [6.07, 6.45) is 6.00. The van der Waals surface area contributed by atoms with Gasteiger partial charge < -0.3 is 14.2 Å². The number of hydrogen-bond acceptors (Lipinski definition) is 4. The molecule has 2 aromatic heterocycles. The summed E-state index contributed by atoms with van der Waals surface area (Å²) in [4.78, 5) is 18.6. The predicted molar refractivity (Wildman–Crippen MR) is 130 cm³/mol. The van der Waals surface area contributed by atoms with Crippen molar-refractivity contribution in [3.8, 4) is 0 Å². The molecule has 1 aliphatic rings. The zero-order valence-corrected chi connectivity index (χ0v) is 20.2. The summed E-state index contributed by atoms with van der Waals surface area (Å²) in [6, 6.07) is 11.2. The van der Waals surface area contributed by atoms with E-state index in [4.69, 9.17) is 16.3 Å². The van der Waals surface area contributed by atoms with Gasteiger partial charge >= 0.3 is 5.97 Å². The van der Waals surface area contributed by atoms with Crippen LogP contribution in [0.25, 0.3) is 11.0 Å². The lowest BCUT2D eigenvalue weighted by Crippen LogP contribution is -2.41. The molecule has 176 valence electrons. The Morgan fingerprint density at radius 2 is 1.94 bits per heavy atom. The average Bonchev–Trinajstić information content (AvgIpc) is 3.17. The van der Waals surface area contributed by atoms with Crippen molar-refractivity contribution >= 4 is 28.6 Å². The van der Waals surface area contributed by atoms with Crippen LogP contribution in [-0.2, 0) is 11.3 Å². The number of methoxy groups -OCH3 is 1. The van der Waals surface area contributed by atoms with E-state index in [1.54, 1.807) is 26.0 Å². The summed E-state index contributed by atoms with van der Waals surface area (Å²) in [6.45, 7) is 6.48. The number of halogens is 2. The number of fused-ring (bicyclic) bond motifs is 1. The first kappa shape index (κ1) is 23.7. The second kappa shape index (κ2) is 9.82. The summed E-state index contributed by atoms with van der Waals surface area (Å²) >= 11 is 6.91. The fraction of sp³-hybridized carbons (Fsp3) is 0.462. The molecule has 1 atom stereocenters. The topological polar surface area (TPSA) is 47.4 Å². The zero-order valence-electron chi connectivity index (χ0n) is 19.4. The number of carbonyl (C=O) groups is 1. The second-order valence-electron chi connectivity index (χ2n) is 9.53. The SMILES string of the molecule is COC(=O)c1ccc(C(Cl)c2cn(CC3CCN(CC(C)(C)F)CC3)c3ncccc23)cc1. The molecule has 1 aliphatic heterocycles.